The molecule has 0 radical (unpaired) electrons. The molecule has 7 heteroatoms. The van der Waals surface area contributed by atoms with Crippen LogP contribution in [0.1, 0.15) is 18.1 Å². The van der Waals surface area contributed by atoms with E-state index in [4.69, 9.17) is 9.47 Å². The number of aromatic nitrogens is 1. The fourth-order valence-corrected chi connectivity index (χ4v) is 2.47. The number of rotatable bonds is 6. The maximum atomic E-state index is 12.1. The van der Waals surface area contributed by atoms with Gasteiger partial charge in [0.05, 0.1) is 6.54 Å². The molecule has 0 unspecified atom stereocenters. The van der Waals surface area contributed by atoms with E-state index in [1.54, 1.807) is 18.5 Å². The van der Waals surface area contributed by atoms with Crippen molar-refractivity contribution in [2.45, 2.75) is 20.0 Å². The van der Waals surface area contributed by atoms with Crippen molar-refractivity contribution >= 4 is 11.8 Å². The molecule has 0 spiro atoms. The molecule has 0 saturated carbocycles. The predicted octanol–water partition coefficient (Wildman–Crippen LogP) is 1.48. The lowest BCUT2D eigenvalue weighted by Crippen LogP contribution is -2.39. The Morgan fingerprint density at radius 2 is 2.04 bits per heavy atom. The molecule has 0 bridgehead atoms. The monoisotopic (exact) mass is 341 g/mol. The molecule has 1 aromatic heterocycles. The van der Waals surface area contributed by atoms with Gasteiger partial charge in [0, 0.05) is 32.4 Å². The molecular weight excluding hydrogens is 322 g/mol. The number of carbonyl (C=O) groups excluding carboxylic acids is 2. The third-order valence-corrected chi connectivity index (χ3v) is 3.80. The first-order valence-corrected chi connectivity index (χ1v) is 7.91. The lowest BCUT2D eigenvalue weighted by Gasteiger charge is -2.21. The topological polar surface area (TPSA) is 80.8 Å². The van der Waals surface area contributed by atoms with E-state index in [-0.39, 0.29) is 25.2 Å². The van der Waals surface area contributed by atoms with Crippen LogP contribution in [0.5, 0.6) is 11.5 Å². The summed E-state index contributed by atoms with van der Waals surface area (Å²) in [4.78, 5) is 29.5. The van der Waals surface area contributed by atoms with Crippen LogP contribution in [0, 0.1) is 0 Å². The van der Waals surface area contributed by atoms with Gasteiger partial charge in [-0.2, -0.15) is 0 Å². The van der Waals surface area contributed by atoms with Gasteiger partial charge in [0.2, 0.25) is 18.6 Å². The molecule has 130 valence electrons. The lowest BCUT2D eigenvalue weighted by atomic mass is 10.2. The van der Waals surface area contributed by atoms with E-state index in [0.717, 1.165) is 11.1 Å². The summed E-state index contributed by atoms with van der Waals surface area (Å²) in [5.41, 5.74) is 1.78. The summed E-state index contributed by atoms with van der Waals surface area (Å²) in [6, 6.07) is 9.17. The first-order valence-electron chi connectivity index (χ1n) is 7.91. The number of hydrogen-bond acceptors (Lipinski definition) is 5. The SMILES string of the molecule is CC(=O)N(CC(=O)NCc1cccnc1)Cc1ccc2c(c1)OCO2. The van der Waals surface area contributed by atoms with Crippen LogP contribution < -0.4 is 14.8 Å². The van der Waals surface area contributed by atoms with E-state index in [9.17, 15) is 9.59 Å². The molecule has 25 heavy (non-hydrogen) atoms. The van der Waals surface area contributed by atoms with Crippen molar-refractivity contribution in [2.75, 3.05) is 13.3 Å². The van der Waals surface area contributed by atoms with Gasteiger partial charge < -0.3 is 19.7 Å². The third-order valence-electron chi connectivity index (χ3n) is 3.80. The molecule has 2 aromatic rings. The number of pyridine rings is 1. The highest BCUT2D eigenvalue weighted by Crippen LogP contribution is 2.32. The Labute approximate surface area is 145 Å². The Kier molecular flexibility index (Phi) is 5.13. The molecule has 7 nitrogen and oxygen atoms in total. The number of benzene rings is 1. The number of amides is 2. The molecule has 0 fully saturated rings. The smallest absolute Gasteiger partial charge is 0.239 e. The van der Waals surface area contributed by atoms with Crippen molar-refractivity contribution in [3.05, 3.63) is 53.9 Å². The minimum Gasteiger partial charge on any atom is -0.454 e. The molecule has 1 N–H and O–H groups in total. The lowest BCUT2D eigenvalue weighted by molar-refractivity contribution is -0.135. The highest BCUT2D eigenvalue weighted by molar-refractivity contribution is 5.83. The quantitative estimate of drug-likeness (QED) is 0.861. The zero-order valence-corrected chi connectivity index (χ0v) is 13.9. The van der Waals surface area contributed by atoms with E-state index in [1.807, 2.05) is 24.3 Å². The summed E-state index contributed by atoms with van der Waals surface area (Å²) in [5.74, 6) is 0.948. The second-order valence-corrected chi connectivity index (χ2v) is 5.70. The van der Waals surface area contributed by atoms with Gasteiger partial charge in [-0.3, -0.25) is 14.6 Å². The first kappa shape index (κ1) is 16.8. The number of nitrogens with one attached hydrogen (secondary N) is 1. The molecule has 0 aliphatic carbocycles. The number of ether oxygens (including phenoxy) is 2. The molecular formula is C18H19N3O4. The van der Waals surface area contributed by atoms with Crippen molar-refractivity contribution in [3.63, 3.8) is 0 Å². The minimum absolute atomic E-state index is 0.00988. The van der Waals surface area contributed by atoms with Crippen molar-refractivity contribution < 1.29 is 19.1 Å². The largest absolute Gasteiger partial charge is 0.454 e. The fourth-order valence-electron chi connectivity index (χ4n) is 2.47. The van der Waals surface area contributed by atoms with Crippen molar-refractivity contribution in [3.8, 4) is 11.5 Å². The summed E-state index contributed by atoms with van der Waals surface area (Å²) in [6.07, 6.45) is 3.36. The van der Waals surface area contributed by atoms with Crippen LogP contribution >= 0.6 is 0 Å². The summed E-state index contributed by atoms with van der Waals surface area (Å²) in [7, 11) is 0. The number of hydrogen-bond donors (Lipinski definition) is 1. The maximum Gasteiger partial charge on any atom is 0.239 e. The van der Waals surface area contributed by atoms with Crippen LogP contribution in [0.4, 0.5) is 0 Å². The van der Waals surface area contributed by atoms with E-state index in [0.29, 0.717) is 24.6 Å². The van der Waals surface area contributed by atoms with E-state index < -0.39 is 0 Å². The molecule has 0 atom stereocenters. The van der Waals surface area contributed by atoms with E-state index >= 15 is 0 Å². The summed E-state index contributed by atoms with van der Waals surface area (Å²) in [6.45, 7) is 2.34. The van der Waals surface area contributed by atoms with Crippen molar-refractivity contribution in [2.24, 2.45) is 0 Å². The minimum atomic E-state index is -0.222. The molecule has 1 aliphatic heterocycles. The molecule has 1 aliphatic rings. The average Bonchev–Trinajstić information content (AvgIpc) is 3.08. The summed E-state index contributed by atoms with van der Waals surface area (Å²) < 4.78 is 10.6. The highest BCUT2D eigenvalue weighted by atomic mass is 16.7. The van der Waals surface area contributed by atoms with Gasteiger partial charge >= 0.3 is 0 Å². The van der Waals surface area contributed by atoms with Gasteiger partial charge in [-0.15, -0.1) is 0 Å². The Morgan fingerprint density at radius 1 is 1.20 bits per heavy atom. The van der Waals surface area contributed by atoms with Crippen LogP contribution in [-0.2, 0) is 22.7 Å². The zero-order valence-electron chi connectivity index (χ0n) is 13.9. The van der Waals surface area contributed by atoms with Gasteiger partial charge in [0.15, 0.2) is 11.5 Å². The van der Waals surface area contributed by atoms with Gasteiger partial charge in [-0.05, 0) is 29.3 Å². The maximum absolute atomic E-state index is 12.1. The van der Waals surface area contributed by atoms with Crippen molar-refractivity contribution in [1.82, 2.24) is 15.2 Å². The van der Waals surface area contributed by atoms with Crippen LogP contribution in [0.3, 0.4) is 0 Å². The Morgan fingerprint density at radius 3 is 2.80 bits per heavy atom. The Balaban J connectivity index is 1.57. The number of fused-ring (bicyclic) bond motifs is 1. The molecule has 2 heterocycles. The predicted molar refractivity (Wildman–Crippen MR) is 89.7 cm³/mol. The van der Waals surface area contributed by atoms with Crippen LogP contribution in [0.25, 0.3) is 0 Å². The second kappa shape index (κ2) is 7.65. The van der Waals surface area contributed by atoms with Crippen molar-refractivity contribution in [1.29, 1.82) is 0 Å². The van der Waals surface area contributed by atoms with E-state index in [2.05, 4.69) is 10.3 Å². The molecule has 0 saturated heterocycles. The summed E-state index contributed by atoms with van der Waals surface area (Å²) in [5, 5.41) is 2.79. The fraction of sp³-hybridized carbons (Fsp3) is 0.278. The third kappa shape index (κ3) is 4.47. The average molecular weight is 341 g/mol. The van der Waals surface area contributed by atoms with Crippen LogP contribution in [0.15, 0.2) is 42.7 Å². The van der Waals surface area contributed by atoms with Gasteiger partial charge in [0.25, 0.3) is 0 Å². The van der Waals surface area contributed by atoms with E-state index in [1.165, 1.54) is 11.8 Å². The Hall–Kier alpha value is -3.09. The van der Waals surface area contributed by atoms with Crippen LogP contribution in [-0.4, -0.2) is 35.0 Å². The first-order chi connectivity index (χ1) is 12.1. The number of carbonyl (C=O) groups is 2. The van der Waals surface area contributed by atoms with Gasteiger partial charge in [-0.25, -0.2) is 0 Å². The number of nitrogens with zero attached hydrogens (tertiary/aromatic N) is 2. The molecule has 2 amide bonds. The normalized spacial score (nSPS) is 11.9. The second-order valence-electron chi connectivity index (χ2n) is 5.70. The standard InChI is InChI=1S/C18H19N3O4/c1-13(22)21(10-14-4-5-16-17(7-14)25-12-24-16)11-18(23)20-9-15-3-2-6-19-8-15/h2-8H,9-12H2,1H3,(H,20,23). The zero-order chi connectivity index (χ0) is 17.6. The van der Waals surface area contributed by atoms with Gasteiger partial charge in [0.1, 0.15) is 0 Å². The highest BCUT2D eigenvalue weighted by Gasteiger charge is 2.17. The molecule has 3 rings (SSSR count). The van der Waals surface area contributed by atoms with Crippen LogP contribution in [0.2, 0.25) is 0 Å². The summed E-state index contributed by atoms with van der Waals surface area (Å²) >= 11 is 0. The molecule has 1 aromatic carbocycles. The Bertz CT molecular complexity index is 764. The van der Waals surface area contributed by atoms with Gasteiger partial charge in [-0.1, -0.05) is 12.1 Å².